The average Bonchev–Trinajstić information content (AvgIpc) is 2.82. The smallest absolute Gasteiger partial charge is 0.124 e. The van der Waals surface area contributed by atoms with Crippen molar-refractivity contribution < 1.29 is 10.2 Å². The van der Waals surface area contributed by atoms with Crippen molar-refractivity contribution in [1.82, 2.24) is 10.2 Å². The van der Waals surface area contributed by atoms with Crippen LogP contribution in [-0.4, -0.2) is 40.3 Å². The Labute approximate surface area is 120 Å². The van der Waals surface area contributed by atoms with Crippen molar-refractivity contribution in [2.24, 2.45) is 0 Å². The van der Waals surface area contributed by atoms with E-state index in [4.69, 9.17) is 0 Å². The van der Waals surface area contributed by atoms with Crippen LogP contribution >= 0.6 is 0 Å². The Kier molecular flexibility index (Phi) is 3.85. The molecule has 0 amide bonds. The van der Waals surface area contributed by atoms with Crippen molar-refractivity contribution in [1.29, 1.82) is 0 Å². The fourth-order valence-electron chi connectivity index (χ4n) is 3.75. The third-order valence-corrected chi connectivity index (χ3v) is 4.80. The van der Waals surface area contributed by atoms with Gasteiger partial charge in [-0.3, -0.25) is 4.90 Å². The molecule has 2 heterocycles. The molecular formula is C16H24N2O2. The molecule has 0 aromatic heterocycles. The van der Waals surface area contributed by atoms with Gasteiger partial charge in [-0.15, -0.1) is 0 Å². The number of piperidine rings is 1. The van der Waals surface area contributed by atoms with Gasteiger partial charge in [0.15, 0.2) is 0 Å². The molecule has 3 rings (SSSR count). The number of phenolic OH excluding ortho intramolecular Hbond substituents is 2. The summed E-state index contributed by atoms with van der Waals surface area (Å²) in [5.41, 5.74) is 0.858. The minimum absolute atomic E-state index is 0.0995. The molecule has 2 aliphatic rings. The minimum atomic E-state index is 0.0995. The van der Waals surface area contributed by atoms with Crippen LogP contribution in [0.5, 0.6) is 11.5 Å². The summed E-state index contributed by atoms with van der Waals surface area (Å²) in [6.45, 7) is 4.51. The first-order valence-electron chi connectivity index (χ1n) is 7.67. The molecule has 20 heavy (non-hydrogen) atoms. The van der Waals surface area contributed by atoms with Gasteiger partial charge in [0.05, 0.1) is 0 Å². The lowest BCUT2D eigenvalue weighted by Crippen LogP contribution is -2.45. The summed E-state index contributed by atoms with van der Waals surface area (Å²) < 4.78 is 0. The van der Waals surface area contributed by atoms with Gasteiger partial charge < -0.3 is 15.5 Å². The van der Waals surface area contributed by atoms with Gasteiger partial charge in [-0.25, -0.2) is 0 Å². The molecule has 0 saturated carbocycles. The number of rotatable bonds is 3. The highest BCUT2D eigenvalue weighted by Crippen LogP contribution is 2.31. The SMILES string of the molecule is CC(NC1CCN2CCCCC12)c1ccc(O)cc1O. The lowest BCUT2D eigenvalue weighted by atomic mass is 9.97. The third-order valence-electron chi connectivity index (χ3n) is 4.80. The molecule has 0 radical (unpaired) electrons. The first-order valence-corrected chi connectivity index (χ1v) is 7.67. The van der Waals surface area contributed by atoms with Gasteiger partial charge in [0, 0.05) is 36.3 Å². The van der Waals surface area contributed by atoms with E-state index < -0.39 is 0 Å². The molecule has 1 aromatic rings. The topological polar surface area (TPSA) is 55.7 Å². The lowest BCUT2D eigenvalue weighted by molar-refractivity contribution is 0.177. The molecule has 4 nitrogen and oxygen atoms in total. The Hall–Kier alpha value is -1.26. The van der Waals surface area contributed by atoms with E-state index in [0.29, 0.717) is 12.1 Å². The van der Waals surface area contributed by atoms with Crippen LogP contribution in [0.1, 0.15) is 44.2 Å². The zero-order valence-electron chi connectivity index (χ0n) is 12.0. The maximum absolute atomic E-state index is 9.96. The Morgan fingerprint density at radius 1 is 1.20 bits per heavy atom. The fraction of sp³-hybridized carbons (Fsp3) is 0.625. The monoisotopic (exact) mass is 276 g/mol. The zero-order valence-corrected chi connectivity index (χ0v) is 12.0. The Morgan fingerprint density at radius 3 is 2.85 bits per heavy atom. The first-order chi connectivity index (χ1) is 9.65. The molecule has 3 N–H and O–H groups in total. The molecule has 110 valence electrons. The zero-order chi connectivity index (χ0) is 14.1. The summed E-state index contributed by atoms with van der Waals surface area (Å²) in [6, 6.07) is 6.12. The van der Waals surface area contributed by atoms with E-state index in [-0.39, 0.29) is 17.5 Å². The molecule has 3 unspecified atom stereocenters. The van der Waals surface area contributed by atoms with E-state index >= 15 is 0 Å². The van der Waals surface area contributed by atoms with Crippen LogP contribution in [0, 0.1) is 0 Å². The summed E-state index contributed by atoms with van der Waals surface area (Å²) in [5, 5.41) is 23.0. The van der Waals surface area contributed by atoms with Gasteiger partial charge in [-0.1, -0.05) is 12.5 Å². The third kappa shape index (κ3) is 2.63. The lowest BCUT2D eigenvalue weighted by Gasteiger charge is -2.34. The minimum Gasteiger partial charge on any atom is -0.508 e. The van der Waals surface area contributed by atoms with E-state index in [1.165, 1.54) is 44.8 Å². The quantitative estimate of drug-likeness (QED) is 0.793. The number of fused-ring (bicyclic) bond motifs is 1. The van der Waals surface area contributed by atoms with E-state index in [0.717, 1.165) is 5.56 Å². The molecule has 1 aromatic carbocycles. The molecule has 0 spiro atoms. The van der Waals surface area contributed by atoms with E-state index in [2.05, 4.69) is 17.1 Å². The van der Waals surface area contributed by atoms with Crippen LogP contribution in [0.25, 0.3) is 0 Å². The van der Waals surface area contributed by atoms with Crippen molar-refractivity contribution in [2.75, 3.05) is 13.1 Å². The summed E-state index contributed by atoms with van der Waals surface area (Å²) in [4.78, 5) is 2.60. The van der Waals surface area contributed by atoms with E-state index in [9.17, 15) is 10.2 Å². The second-order valence-corrected chi connectivity index (χ2v) is 6.13. The molecule has 4 heteroatoms. The molecule has 2 fully saturated rings. The van der Waals surface area contributed by atoms with E-state index in [1.54, 1.807) is 12.1 Å². The number of phenols is 2. The fourth-order valence-corrected chi connectivity index (χ4v) is 3.75. The predicted molar refractivity (Wildman–Crippen MR) is 78.9 cm³/mol. The van der Waals surface area contributed by atoms with Gasteiger partial charge in [0.25, 0.3) is 0 Å². The highest BCUT2D eigenvalue weighted by molar-refractivity contribution is 5.40. The van der Waals surface area contributed by atoms with Gasteiger partial charge in [-0.2, -0.15) is 0 Å². The van der Waals surface area contributed by atoms with Gasteiger partial charge in [0.2, 0.25) is 0 Å². The summed E-state index contributed by atoms with van der Waals surface area (Å²) >= 11 is 0. The van der Waals surface area contributed by atoms with Crippen LogP contribution in [0.3, 0.4) is 0 Å². The largest absolute Gasteiger partial charge is 0.508 e. The van der Waals surface area contributed by atoms with Gasteiger partial charge >= 0.3 is 0 Å². The van der Waals surface area contributed by atoms with Crippen molar-refractivity contribution in [2.45, 2.75) is 50.7 Å². The van der Waals surface area contributed by atoms with Gasteiger partial charge in [0.1, 0.15) is 11.5 Å². The normalized spacial score (nSPS) is 28.2. The standard InChI is InChI=1S/C16H24N2O2/c1-11(13-6-5-12(19)10-16(13)20)17-14-7-9-18-8-3-2-4-15(14)18/h5-6,10-11,14-15,17,19-20H,2-4,7-9H2,1H3. The summed E-state index contributed by atoms with van der Waals surface area (Å²) in [7, 11) is 0. The first kappa shape index (κ1) is 13.7. The second-order valence-electron chi connectivity index (χ2n) is 6.13. The number of nitrogens with one attached hydrogen (secondary N) is 1. The average molecular weight is 276 g/mol. The van der Waals surface area contributed by atoms with Crippen LogP contribution in [0.2, 0.25) is 0 Å². The summed E-state index contributed by atoms with van der Waals surface area (Å²) in [6.07, 6.45) is 5.13. The molecule has 0 bridgehead atoms. The molecule has 0 aliphatic carbocycles. The second kappa shape index (κ2) is 5.62. The number of benzene rings is 1. The van der Waals surface area contributed by atoms with Crippen molar-refractivity contribution >= 4 is 0 Å². The number of aromatic hydroxyl groups is 2. The van der Waals surface area contributed by atoms with Crippen LogP contribution < -0.4 is 5.32 Å². The van der Waals surface area contributed by atoms with Crippen molar-refractivity contribution in [3.63, 3.8) is 0 Å². The van der Waals surface area contributed by atoms with Crippen LogP contribution in [-0.2, 0) is 0 Å². The molecule has 3 atom stereocenters. The molecular weight excluding hydrogens is 252 g/mol. The highest BCUT2D eigenvalue weighted by Gasteiger charge is 2.36. The van der Waals surface area contributed by atoms with Crippen molar-refractivity contribution in [3.8, 4) is 11.5 Å². The summed E-state index contributed by atoms with van der Waals surface area (Å²) in [5.74, 6) is 0.279. The Balaban J connectivity index is 1.68. The number of hydrogen-bond donors (Lipinski definition) is 3. The predicted octanol–water partition coefficient (Wildman–Crippen LogP) is 2.38. The molecule has 2 saturated heterocycles. The highest BCUT2D eigenvalue weighted by atomic mass is 16.3. The van der Waals surface area contributed by atoms with Gasteiger partial charge in [-0.05, 0) is 38.8 Å². The van der Waals surface area contributed by atoms with Crippen LogP contribution in [0.4, 0.5) is 0 Å². The van der Waals surface area contributed by atoms with Crippen LogP contribution in [0.15, 0.2) is 18.2 Å². The Morgan fingerprint density at radius 2 is 2.05 bits per heavy atom. The number of nitrogens with zero attached hydrogens (tertiary/aromatic N) is 1. The van der Waals surface area contributed by atoms with Crippen molar-refractivity contribution in [3.05, 3.63) is 23.8 Å². The maximum Gasteiger partial charge on any atom is 0.124 e. The number of hydrogen-bond acceptors (Lipinski definition) is 4. The van der Waals surface area contributed by atoms with E-state index in [1.807, 2.05) is 0 Å². The maximum atomic E-state index is 9.96. The Bertz CT molecular complexity index is 478. The molecule has 2 aliphatic heterocycles.